The van der Waals surface area contributed by atoms with Gasteiger partial charge in [0.2, 0.25) is 0 Å². The molecule has 2 N–H and O–H groups in total. The van der Waals surface area contributed by atoms with Crippen molar-refractivity contribution < 1.29 is 9.53 Å². The third-order valence-corrected chi connectivity index (χ3v) is 8.28. The predicted octanol–water partition coefficient (Wildman–Crippen LogP) is 5.56. The summed E-state index contributed by atoms with van der Waals surface area (Å²) >= 11 is 12.4. The van der Waals surface area contributed by atoms with Gasteiger partial charge in [-0.1, -0.05) is 34.5 Å². The van der Waals surface area contributed by atoms with Crippen molar-refractivity contribution in [1.82, 2.24) is 29.5 Å². The molecule has 1 aliphatic carbocycles. The number of aromatic amines is 1. The highest BCUT2D eigenvalue weighted by Crippen LogP contribution is 2.60. The molecule has 0 saturated heterocycles. The van der Waals surface area contributed by atoms with Crippen LogP contribution in [0.4, 0.5) is 10.5 Å². The van der Waals surface area contributed by atoms with Gasteiger partial charge in [0.25, 0.3) is 5.56 Å². The first-order valence-corrected chi connectivity index (χ1v) is 13.4. The Labute approximate surface area is 236 Å². The van der Waals surface area contributed by atoms with Gasteiger partial charge in [0.05, 0.1) is 35.5 Å². The zero-order valence-electron chi connectivity index (χ0n) is 20.6. The van der Waals surface area contributed by atoms with E-state index in [4.69, 9.17) is 32.9 Å². The number of nitrogens with one attached hydrogen (secondary N) is 2. The van der Waals surface area contributed by atoms with Crippen molar-refractivity contribution in [3.63, 3.8) is 0 Å². The molecule has 0 spiro atoms. The molecule has 3 aromatic heterocycles. The van der Waals surface area contributed by atoms with Gasteiger partial charge in [-0.25, -0.2) is 14.5 Å². The topological polar surface area (TPSA) is 120 Å². The van der Waals surface area contributed by atoms with Crippen LogP contribution in [0.2, 0.25) is 10.2 Å². The summed E-state index contributed by atoms with van der Waals surface area (Å²) in [5, 5.41) is 11.5. The number of H-pyrrole nitrogens is 1. The molecule has 10 nitrogen and oxygen atoms in total. The summed E-state index contributed by atoms with van der Waals surface area (Å²) in [6.07, 6.45) is 3.93. The number of pyridine rings is 1. The minimum Gasteiger partial charge on any atom is -0.444 e. The van der Waals surface area contributed by atoms with Crippen molar-refractivity contribution in [1.29, 1.82) is 0 Å². The second-order valence-electron chi connectivity index (χ2n) is 10.2. The smallest absolute Gasteiger partial charge is 0.411 e. The van der Waals surface area contributed by atoms with Crippen molar-refractivity contribution in [2.75, 3.05) is 5.32 Å². The van der Waals surface area contributed by atoms with Crippen LogP contribution in [-0.4, -0.2) is 35.6 Å². The Morgan fingerprint density at radius 1 is 1.02 bits per heavy atom. The van der Waals surface area contributed by atoms with Crippen molar-refractivity contribution in [3.05, 3.63) is 98.5 Å². The number of rotatable bonds is 4. The predicted molar refractivity (Wildman–Crippen MR) is 148 cm³/mol. The molecular weight excluding hydrogens is 553 g/mol. The quantitative estimate of drug-likeness (QED) is 0.291. The Morgan fingerprint density at radius 3 is 2.77 bits per heavy atom. The van der Waals surface area contributed by atoms with Crippen molar-refractivity contribution in [3.8, 4) is 28.1 Å². The zero-order chi connectivity index (χ0) is 27.1. The first kappa shape index (κ1) is 23.5. The lowest BCUT2D eigenvalue weighted by Crippen LogP contribution is -2.26. The lowest BCUT2D eigenvalue weighted by Gasteiger charge is -2.18. The third kappa shape index (κ3) is 3.67. The number of nitrogens with zero attached hydrogens (tertiary/aromatic N) is 5. The molecule has 0 bridgehead atoms. The monoisotopic (exact) mass is 571 g/mol. The normalized spacial score (nSPS) is 20.4. The second-order valence-corrected chi connectivity index (χ2v) is 11.1. The molecule has 1 saturated carbocycles. The largest absolute Gasteiger partial charge is 0.444 e. The number of hydrogen-bond acceptors (Lipinski definition) is 6. The zero-order valence-corrected chi connectivity index (χ0v) is 22.1. The molecule has 40 heavy (non-hydrogen) atoms. The highest BCUT2D eigenvalue weighted by molar-refractivity contribution is 6.31. The van der Waals surface area contributed by atoms with Gasteiger partial charge in [-0.3, -0.25) is 10.1 Å². The number of imidazole rings is 1. The van der Waals surface area contributed by atoms with E-state index >= 15 is 0 Å². The molecule has 2 aliphatic heterocycles. The number of carbonyl (C=O) groups excluding carboxylic acids is 1. The van der Waals surface area contributed by atoms with E-state index in [9.17, 15) is 9.59 Å². The summed E-state index contributed by atoms with van der Waals surface area (Å²) in [5.74, 6) is 1.32. The first-order valence-electron chi connectivity index (χ1n) is 12.7. The maximum absolute atomic E-state index is 13.6. The first-order chi connectivity index (χ1) is 19.4. The summed E-state index contributed by atoms with van der Waals surface area (Å²) in [5.41, 5.74) is 6.51. The number of amides is 1. The van der Waals surface area contributed by atoms with E-state index in [-0.39, 0.29) is 29.3 Å². The Kier molecular flexibility index (Phi) is 5.01. The van der Waals surface area contributed by atoms with E-state index in [1.165, 1.54) is 0 Å². The number of halogens is 2. The minimum absolute atomic E-state index is 0.105. The molecule has 3 atom stereocenters. The van der Waals surface area contributed by atoms with Gasteiger partial charge >= 0.3 is 6.09 Å². The number of benzene rings is 2. The van der Waals surface area contributed by atoms with Gasteiger partial charge < -0.3 is 14.3 Å². The summed E-state index contributed by atoms with van der Waals surface area (Å²) in [4.78, 5) is 33.3. The van der Waals surface area contributed by atoms with E-state index in [1.807, 2.05) is 34.9 Å². The minimum atomic E-state index is -0.453. The highest BCUT2D eigenvalue weighted by atomic mass is 35.5. The Bertz CT molecular complexity index is 1930. The van der Waals surface area contributed by atoms with Crippen LogP contribution in [0.5, 0.6) is 0 Å². The fourth-order valence-electron chi connectivity index (χ4n) is 5.99. The third-order valence-electron chi connectivity index (χ3n) is 7.87. The molecule has 3 aliphatic rings. The van der Waals surface area contributed by atoms with Crippen LogP contribution >= 0.6 is 23.2 Å². The maximum atomic E-state index is 13.6. The molecule has 12 heteroatoms. The summed E-state index contributed by atoms with van der Waals surface area (Å²) in [6, 6.07) is 14.7. The highest BCUT2D eigenvalue weighted by Gasteiger charge is 2.54. The SMILES string of the molecule is O=C1Nc2ccc(-c3cnc(C4C5CC5c5cc(-c6cc(Cl)ccc6-n6cc(Cl)nn6)cc(=O)n54)[nH]3)cc2CO1. The molecule has 1 fully saturated rings. The maximum Gasteiger partial charge on any atom is 0.411 e. The number of cyclic esters (lactones) is 1. The lowest BCUT2D eigenvalue weighted by molar-refractivity contribution is 0.151. The molecule has 5 aromatic rings. The Morgan fingerprint density at radius 2 is 1.93 bits per heavy atom. The Balaban J connectivity index is 1.17. The number of fused-ring (bicyclic) bond motifs is 4. The van der Waals surface area contributed by atoms with E-state index in [1.54, 1.807) is 29.2 Å². The average Bonchev–Trinajstić information content (AvgIpc) is 3.23. The van der Waals surface area contributed by atoms with Crippen LogP contribution in [-0.2, 0) is 11.3 Å². The van der Waals surface area contributed by atoms with E-state index in [0.717, 1.165) is 57.3 Å². The van der Waals surface area contributed by atoms with Crippen molar-refractivity contribution >= 4 is 35.0 Å². The summed E-state index contributed by atoms with van der Waals surface area (Å²) in [7, 11) is 0. The van der Waals surface area contributed by atoms with Crippen LogP contribution in [0.1, 0.15) is 35.5 Å². The number of ether oxygens (including phenoxy) is 1. The van der Waals surface area contributed by atoms with E-state index in [0.29, 0.717) is 10.9 Å². The van der Waals surface area contributed by atoms with Crippen LogP contribution in [0.15, 0.2) is 65.7 Å². The molecule has 198 valence electrons. The van der Waals surface area contributed by atoms with E-state index < -0.39 is 6.09 Å². The van der Waals surface area contributed by atoms with Crippen molar-refractivity contribution in [2.45, 2.75) is 25.0 Å². The average molecular weight is 572 g/mol. The van der Waals surface area contributed by atoms with Crippen LogP contribution in [0, 0.1) is 5.92 Å². The number of hydrogen-bond donors (Lipinski definition) is 2. The van der Waals surface area contributed by atoms with Crippen LogP contribution in [0.25, 0.3) is 28.1 Å². The number of aromatic nitrogens is 6. The van der Waals surface area contributed by atoms with Gasteiger partial charge in [0.15, 0.2) is 5.15 Å². The number of anilines is 1. The van der Waals surface area contributed by atoms with Crippen LogP contribution < -0.4 is 10.9 Å². The molecule has 8 rings (SSSR count). The lowest BCUT2D eigenvalue weighted by atomic mass is 10.0. The molecule has 5 heterocycles. The van der Waals surface area contributed by atoms with Gasteiger partial charge in [0.1, 0.15) is 12.4 Å². The van der Waals surface area contributed by atoms with Gasteiger partial charge in [0, 0.05) is 39.4 Å². The molecule has 3 unspecified atom stereocenters. The molecule has 2 aromatic carbocycles. The number of carbonyl (C=O) groups is 1. The van der Waals surface area contributed by atoms with Gasteiger partial charge in [-0.05, 0) is 54.3 Å². The Hall–Kier alpha value is -4.41. The molecule has 1 amide bonds. The second kappa shape index (κ2) is 8.54. The molecular formula is C28H19Cl2N7O3. The fraction of sp³-hybridized carbons (Fsp3) is 0.179. The van der Waals surface area contributed by atoms with Gasteiger partial charge in [-0.2, -0.15) is 0 Å². The fourth-order valence-corrected chi connectivity index (χ4v) is 6.28. The standard InChI is InChI=1S/C28H19Cl2N7O3/c29-16-2-4-22(36-11-24(30)34-35-36)17(8-16)14-6-23-18-9-19(18)26(37(23)25(38)7-14)27-31-10-21(32-27)13-1-3-20-15(5-13)12-40-28(39)33-20/h1-8,10-11,18-19,26H,9,12H2,(H,31,32)(H,33,39). The van der Waals surface area contributed by atoms with Crippen LogP contribution in [0.3, 0.4) is 0 Å². The van der Waals surface area contributed by atoms with Gasteiger partial charge in [-0.15, -0.1) is 5.10 Å². The van der Waals surface area contributed by atoms with E-state index in [2.05, 4.69) is 26.7 Å². The summed E-state index contributed by atoms with van der Waals surface area (Å²) in [6.45, 7) is 0.214. The summed E-state index contributed by atoms with van der Waals surface area (Å²) < 4.78 is 8.54. The molecule has 0 radical (unpaired) electrons. The van der Waals surface area contributed by atoms with Crippen molar-refractivity contribution in [2.24, 2.45) is 5.92 Å².